The van der Waals surface area contributed by atoms with Crippen molar-refractivity contribution in [3.8, 4) is 0 Å². The molecule has 12 heavy (non-hydrogen) atoms. The first-order chi connectivity index (χ1) is 5.70. The summed E-state index contributed by atoms with van der Waals surface area (Å²) in [6.45, 7) is 2.46. The van der Waals surface area contributed by atoms with Gasteiger partial charge in [0.2, 0.25) is 0 Å². The maximum atomic E-state index is 10.8. The topological polar surface area (TPSA) is 67.4 Å². The van der Waals surface area contributed by atoms with Crippen LogP contribution >= 0.6 is 0 Å². The van der Waals surface area contributed by atoms with Gasteiger partial charge >= 0.3 is 12.0 Å². The first-order valence-electron chi connectivity index (χ1n) is 3.79. The molecule has 0 atom stereocenters. The predicted molar refractivity (Wildman–Crippen MR) is 43.7 cm³/mol. The van der Waals surface area contributed by atoms with Crippen LogP contribution in [0.25, 0.3) is 0 Å². The Morgan fingerprint density at radius 1 is 1.33 bits per heavy atom. The van der Waals surface area contributed by atoms with Gasteiger partial charge in [0.15, 0.2) is 0 Å². The zero-order chi connectivity index (χ0) is 9.40. The van der Waals surface area contributed by atoms with Crippen LogP contribution in [0.3, 0.4) is 0 Å². The molecule has 2 N–H and O–H groups in total. The highest BCUT2D eigenvalue weighted by molar-refractivity contribution is 5.80. The lowest BCUT2D eigenvalue weighted by Gasteiger charge is -2.04. The Balaban J connectivity index is 3.37. The minimum atomic E-state index is -0.457. The van der Waals surface area contributed by atoms with Crippen LogP contribution < -0.4 is 10.6 Å². The second-order valence-corrected chi connectivity index (χ2v) is 2.19. The standard InChI is InChI=1S/C7H14N2O3/c1-3-4-8-7(11)9-5-6(10)12-2/h3-5H2,1-2H3,(H2,8,9,11). The third kappa shape index (κ3) is 5.52. The van der Waals surface area contributed by atoms with Gasteiger partial charge in [-0.05, 0) is 6.42 Å². The molecule has 0 radical (unpaired) electrons. The molecule has 0 aliphatic heterocycles. The molecule has 0 aromatic rings. The van der Waals surface area contributed by atoms with Crippen LogP contribution in [0.5, 0.6) is 0 Å². The largest absolute Gasteiger partial charge is 0.468 e. The van der Waals surface area contributed by atoms with Gasteiger partial charge in [0.1, 0.15) is 6.54 Å². The lowest BCUT2D eigenvalue weighted by Crippen LogP contribution is -2.38. The second kappa shape index (κ2) is 6.45. The van der Waals surface area contributed by atoms with Gasteiger partial charge in [-0.15, -0.1) is 0 Å². The van der Waals surface area contributed by atoms with E-state index in [9.17, 15) is 9.59 Å². The van der Waals surface area contributed by atoms with Gasteiger partial charge in [-0.2, -0.15) is 0 Å². The quantitative estimate of drug-likeness (QED) is 0.583. The summed E-state index contributed by atoms with van der Waals surface area (Å²) in [6, 6.07) is -0.345. The van der Waals surface area contributed by atoms with Gasteiger partial charge in [-0.3, -0.25) is 4.79 Å². The predicted octanol–water partition coefficient (Wildman–Crippen LogP) is -0.131. The first-order valence-corrected chi connectivity index (χ1v) is 3.79. The van der Waals surface area contributed by atoms with Crippen molar-refractivity contribution in [3.05, 3.63) is 0 Å². The van der Waals surface area contributed by atoms with Crippen LogP contribution in [0.15, 0.2) is 0 Å². The molecule has 0 saturated carbocycles. The molecule has 0 heterocycles. The van der Waals surface area contributed by atoms with E-state index in [0.29, 0.717) is 6.54 Å². The SMILES string of the molecule is CCCNC(=O)NCC(=O)OC. The Morgan fingerprint density at radius 3 is 2.50 bits per heavy atom. The van der Waals surface area contributed by atoms with E-state index in [1.54, 1.807) is 0 Å². The van der Waals surface area contributed by atoms with E-state index in [-0.39, 0.29) is 12.6 Å². The number of nitrogens with one attached hydrogen (secondary N) is 2. The molecular formula is C7H14N2O3. The summed E-state index contributed by atoms with van der Waals surface area (Å²) in [7, 11) is 1.27. The Kier molecular flexibility index (Phi) is 5.77. The molecule has 0 unspecified atom stereocenters. The lowest BCUT2D eigenvalue weighted by atomic mass is 10.5. The first kappa shape index (κ1) is 10.7. The molecule has 5 heteroatoms. The van der Waals surface area contributed by atoms with Crippen molar-refractivity contribution in [2.45, 2.75) is 13.3 Å². The molecule has 70 valence electrons. The Bertz CT molecular complexity index is 159. The monoisotopic (exact) mass is 174 g/mol. The molecule has 0 aromatic carbocycles. The smallest absolute Gasteiger partial charge is 0.325 e. The molecule has 0 saturated heterocycles. The minimum Gasteiger partial charge on any atom is -0.468 e. The summed E-state index contributed by atoms with van der Waals surface area (Å²) in [6.07, 6.45) is 0.867. The fourth-order valence-corrected chi connectivity index (χ4v) is 0.526. The van der Waals surface area contributed by atoms with Crippen LogP contribution in [-0.4, -0.2) is 32.2 Å². The van der Waals surface area contributed by atoms with Crippen LogP contribution in [0.2, 0.25) is 0 Å². The number of rotatable bonds is 4. The van der Waals surface area contributed by atoms with Gasteiger partial charge in [0.25, 0.3) is 0 Å². The fraction of sp³-hybridized carbons (Fsp3) is 0.714. The molecule has 0 aliphatic rings. The molecule has 0 fully saturated rings. The summed E-state index contributed by atoms with van der Waals surface area (Å²) in [4.78, 5) is 21.3. The van der Waals surface area contributed by atoms with Crippen LogP contribution in [-0.2, 0) is 9.53 Å². The number of carbonyl (C=O) groups is 2. The number of urea groups is 1. The van der Waals surface area contributed by atoms with Crippen LogP contribution in [0.4, 0.5) is 4.79 Å². The summed E-state index contributed by atoms with van der Waals surface area (Å²) < 4.78 is 4.32. The van der Waals surface area contributed by atoms with E-state index in [4.69, 9.17) is 0 Å². The molecular weight excluding hydrogens is 160 g/mol. The second-order valence-electron chi connectivity index (χ2n) is 2.19. The number of carbonyl (C=O) groups excluding carboxylic acids is 2. The maximum Gasteiger partial charge on any atom is 0.325 e. The van der Waals surface area contributed by atoms with E-state index in [2.05, 4.69) is 15.4 Å². The summed E-state index contributed by atoms with van der Waals surface area (Å²) in [5.41, 5.74) is 0. The van der Waals surface area contributed by atoms with E-state index in [0.717, 1.165) is 6.42 Å². The van der Waals surface area contributed by atoms with Gasteiger partial charge in [-0.25, -0.2) is 4.79 Å². The maximum absolute atomic E-state index is 10.8. The third-order valence-corrected chi connectivity index (χ3v) is 1.16. The highest BCUT2D eigenvalue weighted by Gasteiger charge is 2.02. The zero-order valence-corrected chi connectivity index (χ0v) is 7.35. The Labute approximate surface area is 71.5 Å². The number of hydrogen-bond acceptors (Lipinski definition) is 3. The molecule has 0 rings (SSSR count). The number of methoxy groups -OCH3 is 1. The number of hydrogen-bond donors (Lipinski definition) is 2. The average Bonchev–Trinajstić information content (AvgIpc) is 2.10. The number of ether oxygens (including phenoxy) is 1. The molecule has 2 amide bonds. The number of amides is 2. The summed E-state index contributed by atoms with van der Waals surface area (Å²) in [5.74, 6) is -0.457. The van der Waals surface area contributed by atoms with E-state index < -0.39 is 5.97 Å². The van der Waals surface area contributed by atoms with Gasteiger partial charge in [0.05, 0.1) is 7.11 Å². The third-order valence-electron chi connectivity index (χ3n) is 1.16. The molecule has 5 nitrogen and oxygen atoms in total. The van der Waals surface area contributed by atoms with Crippen molar-refractivity contribution in [2.24, 2.45) is 0 Å². The van der Waals surface area contributed by atoms with Crippen LogP contribution in [0, 0.1) is 0 Å². The van der Waals surface area contributed by atoms with Crippen molar-refractivity contribution in [2.75, 3.05) is 20.2 Å². The van der Waals surface area contributed by atoms with E-state index in [1.165, 1.54) is 7.11 Å². The minimum absolute atomic E-state index is 0.0912. The normalized spacial score (nSPS) is 8.83. The van der Waals surface area contributed by atoms with E-state index >= 15 is 0 Å². The van der Waals surface area contributed by atoms with Crippen molar-refractivity contribution < 1.29 is 14.3 Å². The fourth-order valence-electron chi connectivity index (χ4n) is 0.526. The summed E-state index contributed by atoms with van der Waals surface area (Å²) >= 11 is 0. The highest BCUT2D eigenvalue weighted by Crippen LogP contribution is 1.73. The van der Waals surface area contributed by atoms with Crippen molar-refractivity contribution in [1.29, 1.82) is 0 Å². The lowest BCUT2D eigenvalue weighted by molar-refractivity contribution is -0.139. The van der Waals surface area contributed by atoms with Crippen molar-refractivity contribution in [1.82, 2.24) is 10.6 Å². The Hall–Kier alpha value is -1.26. The average molecular weight is 174 g/mol. The number of esters is 1. The van der Waals surface area contributed by atoms with Gasteiger partial charge in [-0.1, -0.05) is 6.92 Å². The van der Waals surface area contributed by atoms with Crippen LogP contribution in [0.1, 0.15) is 13.3 Å². The highest BCUT2D eigenvalue weighted by atomic mass is 16.5. The molecule has 0 aliphatic carbocycles. The summed E-state index contributed by atoms with van der Waals surface area (Å²) in [5, 5.41) is 4.90. The molecule has 0 bridgehead atoms. The van der Waals surface area contributed by atoms with E-state index in [1.807, 2.05) is 6.92 Å². The van der Waals surface area contributed by atoms with Crippen molar-refractivity contribution >= 4 is 12.0 Å². The van der Waals surface area contributed by atoms with Gasteiger partial charge in [0, 0.05) is 6.54 Å². The molecule has 0 aromatic heterocycles. The molecule has 0 spiro atoms. The van der Waals surface area contributed by atoms with Gasteiger partial charge < -0.3 is 15.4 Å². The Morgan fingerprint density at radius 2 is 2.00 bits per heavy atom. The van der Waals surface area contributed by atoms with Crippen molar-refractivity contribution in [3.63, 3.8) is 0 Å². The zero-order valence-electron chi connectivity index (χ0n) is 7.35.